The summed E-state index contributed by atoms with van der Waals surface area (Å²) in [5.74, 6) is 2.87. The molecule has 0 aliphatic heterocycles. The Balaban J connectivity index is 0.00000300. The lowest BCUT2D eigenvalue weighted by Gasteiger charge is -2.13. The molecule has 29 heavy (non-hydrogen) atoms. The fraction of sp³-hybridized carbons (Fsp3) is 0.182. The number of hydrogen-bond acceptors (Lipinski definition) is 4. The monoisotopic (exact) mass is 504 g/mol. The quantitative estimate of drug-likeness (QED) is 0.284. The summed E-state index contributed by atoms with van der Waals surface area (Å²) >= 11 is 0. The van der Waals surface area contributed by atoms with Crippen molar-refractivity contribution in [2.24, 2.45) is 4.99 Å². The lowest BCUT2D eigenvalue weighted by atomic mass is 10.2. The van der Waals surface area contributed by atoms with Crippen molar-refractivity contribution in [3.8, 4) is 17.2 Å². The summed E-state index contributed by atoms with van der Waals surface area (Å²) in [6.45, 7) is 1.27. The summed E-state index contributed by atoms with van der Waals surface area (Å²) in [5, 5.41) is 6.54. The zero-order valence-corrected chi connectivity index (χ0v) is 18.8. The van der Waals surface area contributed by atoms with Gasteiger partial charge in [0.05, 0.1) is 19.3 Å². The first-order valence-corrected chi connectivity index (χ1v) is 9.02. The van der Waals surface area contributed by atoms with E-state index in [9.17, 15) is 0 Å². The van der Waals surface area contributed by atoms with Gasteiger partial charge in [-0.1, -0.05) is 30.3 Å². The standard InChI is InChI=1S/C22H24N4O2.HI/c1-23-22(26-16-18-7-5-6-14-24-18)25-15-17-10-12-19(13-11-17)28-21-9-4-3-8-20(21)27-2;/h3-14H,15-16H2,1-2H3,(H2,23,25,26);1H. The number of pyridine rings is 1. The Kier molecular flexibility index (Phi) is 9.23. The van der Waals surface area contributed by atoms with Crippen LogP contribution >= 0.6 is 24.0 Å². The molecule has 0 fully saturated rings. The zero-order chi connectivity index (χ0) is 19.6. The van der Waals surface area contributed by atoms with E-state index in [1.54, 1.807) is 20.4 Å². The summed E-state index contributed by atoms with van der Waals surface area (Å²) < 4.78 is 11.2. The molecule has 0 spiro atoms. The molecular weight excluding hydrogens is 479 g/mol. The van der Waals surface area contributed by atoms with Crippen LogP contribution in [0.15, 0.2) is 77.9 Å². The van der Waals surface area contributed by atoms with Gasteiger partial charge in [-0.05, 0) is 42.0 Å². The molecule has 0 unspecified atom stereocenters. The van der Waals surface area contributed by atoms with E-state index < -0.39 is 0 Å². The average Bonchev–Trinajstić information content (AvgIpc) is 2.76. The topological polar surface area (TPSA) is 67.8 Å². The normalized spacial score (nSPS) is 10.6. The van der Waals surface area contributed by atoms with Crippen molar-refractivity contribution in [2.75, 3.05) is 14.2 Å². The highest BCUT2D eigenvalue weighted by molar-refractivity contribution is 14.0. The van der Waals surface area contributed by atoms with Crippen molar-refractivity contribution in [1.82, 2.24) is 15.6 Å². The molecule has 6 nitrogen and oxygen atoms in total. The number of nitrogens with zero attached hydrogens (tertiary/aromatic N) is 2. The number of ether oxygens (including phenoxy) is 2. The van der Waals surface area contributed by atoms with E-state index in [1.165, 1.54) is 0 Å². The van der Waals surface area contributed by atoms with Crippen LogP contribution in [0.3, 0.4) is 0 Å². The number of aromatic nitrogens is 1. The van der Waals surface area contributed by atoms with Gasteiger partial charge >= 0.3 is 0 Å². The Morgan fingerprint density at radius 3 is 2.24 bits per heavy atom. The van der Waals surface area contributed by atoms with Gasteiger partial charge in [0.15, 0.2) is 17.5 Å². The maximum Gasteiger partial charge on any atom is 0.191 e. The van der Waals surface area contributed by atoms with E-state index in [4.69, 9.17) is 9.47 Å². The molecule has 2 N–H and O–H groups in total. The lowest BCUT2D eigenvalue weighted by Crippen LogP contribution is -2.36. The number of nitrogens with one attached hydrogen (secondary N) is 2. The Morgan fingerprint density at radius 2 is 1.59 bits per heavy atom. The minimum absolute atomic E-state index is 0. The zero-order valence-electron chi connectivity index (χ0n) is 16.5. The number of halogens is 1. The van der Waals surface area contributed by atoms with Crippen LogP contribution in [0.1, 0.15) is 11.3 Å². The molecule has 0 radical (unpaired) electrons. The van der Waals surface area contributed by atoms with Gasteiger partial charge in [0.2, 0.25) is 0 Å². The van der Waals surface area contributed by atoms with Crippen LogP contribution in [-0.4, -0.2) is 25.1 Å². The van der Waals surface area contributed by atoms with Crippen LogP contribution in [0.4, 0.5) is 0 Å². The van der Waals surface area contributed by atoms with Gasteiger partial charge in [-0.3, -0.25) is 9.98 Å². The van der Waals surface area contributed by atoms with E-state index in [-0.39, 0.29) is 24.0 Å². The first-order valence-electron chi connectivity index (χ1n) is 9.02. The molecule has 0 saturated heterocycles. The maximum absolute atomic E-state index is 5.90. The average molecular weight is 504 g/mol. The van der Waals surface area contributed by atoms with E-state index in [2.05, 4.69) is 20.6 Å². The van der Waals surface area contributed by atoms with Crippen LogP contribution in [0.25, 0.3) is 0 Å². The largest absolute Gasteiger partial charge is 0.493 e. The third-order valence-corrected chi connectivity index (χ3v) is 4.07. The molecule has 3 aromatic rings. The first-order chi connectivity index (χ1) is 13.8. The molecule has 3 rings (SSSR count). The fourth-order valence-electron chi connectivity index (χ4n) is 2.59. The molecular formula is C22H25IN4O2. The molecule has 0 aliphatic rings. The molecule has 2 aromatic carbocycles. The number of aliphatic imine (C=N–C) groups is 1. The van der Waals surface area contributed by atoms with Crippen LogP contribution in [-0.2, 0) is 13.1 Å². The third-order valence-electron chi connectivity index (χ3n) is 4.07. The minimum Gasteiger partial charge on any atom is -0.493 e. The second-order valence-corrected chi connectivity index (χ2v) is 6.00. The smallest absolute Gasteiger partial charge is 0.191 e. The Labute approximate surface area is 188 Å². The predicted octanol–water partition coefficient (Wildman–Crippen LogP) is 4.37. The number of para-hydroxylation sites is 2. The van der Waals surface area contributed by atoms with Gasteiger partial charge < -0.3 is 20.1 Å². The second kappa shape index (κ2) is 11.9. The third kappa shape index (κ3) is 6.94. The van der Waals surface area contributed by atoms with Crippen LogP contribution in [0.2, 0.25) is 0 Å². The molecule has 0 saturated carbocycles. The van der Waals surface area contributed by atoms with Gasteiger partial charge in [-0.2, -0.15) is 0 Å². The molecule has 1 heterocycles. The highest BCUT2D eigenvalue weighted by Crippen LogP contribution is 2.30. The van der Waals surface area contributed by atoms with Crippen molar-refractivity contribution < 1.29 is 9.47 Å². The summed E-state index contributed by atoms with van der Waals surface area (Å²) in [6.07, 6.45) is 1.78. The number of hydrogen-bond donors (Lipinski definition) is 2. The number of methoxy groups -OCH3 is 1. The molecule has 0 bridgehead atoms. The van der Waals surface area contributed by atoms with Crippen molar-refractivity contribution in [3.63, 3.8) is 0 Å². The predicted molar refractivity (Wildman–Crippen MR) is 126 cm³/mol. The summed E-state index contributed by atoms with van der Waals surface area (Å²) in [5.41, 5.74) is 2.08. The maximum atomic E-state index is 5.90. The molecule has 0 aliphatic carbocycles. The molecule has 152 valence electrons. The molecule has 0 amide bonds. The van der Waals surface area contributed by atoms with Gasteiger partial charge in [-0.15, -0.1) is 24.0 Å². The number of guanidine groups is 1. The van der Waals surface area contributed by atoms with Crippen LogP contribution in [0.5, 0.6) is 17.2 Å². The van der Waals surface area contributed by atoms with Gasteiger partial charge in [-0.25, -0.2) is 0 Å². The van der Waals surface area contributed by atoms with Crippen molar-refractivity contribution in [2.45, 2.75) is 13.1 Å². The number of rotatable bonds is 7. The van der Waals surface area contributed by atoms with E-state index in [1.807, 2.05) is 66.7 Å². The summed E-state index contributed by atoms with van der Waals surface area (Å²) in [4.78, 5) is 8.53. The van der Waals surface area contributed by atoms with Crippen LogP contribution in [0, 0.1) is 0 Å². The van der Waals surface area contributed by atoms with E-state index >= 15 is 0 Å². The molecule has 1 aromatic heterocycles. The minimum atomic E-state index is 0. The first kappa shape index (κ1) is 22.5. The SMILES string of the molecule is CN=C(NCc1ccc(Oc2ccccc2OC)cc1)NCc1ccccn1.I. The summed E-state index contributed by atoms with van der Waals surface area (Å²) in [7, 11) is 3.38. The van der Waals surface area contributed by atoms with Crippen molar-refractivity contribution in [1.29, 1.82) is 0 Å². The van der Waals surface area contributed by atoms with E-state index in [0.29, 0.717) is 24.6 Å². The fourth-order valence-corrected chi connectivity index (χ4v) is 2.59. The molecule has 0 atom stereocenters. The molecule has 7 heteroatoms. The Hall–Kier alpha value is -2.81. The summed E-state index contributed by atoms with van der Waals surface area (Å²) in [6, 6.07) is 21.3. The van der Waals surface area contributed by atoms with Gasteiger partial charge in [0.1, 0.15) is 5.75 Å². The number of benzene rings is 2. The second-order valence-electron chi connectivity index (χ2n) is 6.00. The van der Waals surface area contributed by atoms with Crippen molar-refractivity contribution >= 4 is 29.9 Å². The van der Waals surface area contributed by atoms with Crippen molar-refractivity contribution in [3.05, 3.63) is 84.2 Å². The van der Waals surface area contributed by atoms with Crippen LogP contribution < -0.4 is 20.1 Å². The Morgan fingerprint density at radius 1 is 0.897 bits per heavy atom. The highest BCUT2D eigenvalue weighted by Gasteiger charge is 2.05. The lowest BCUT2D eigenvalue weighted by molar-refractivity contribution is 0.379. The van der Waals surface area contributed by atoms with Gasteiger partial charge in [0, 0.05) is 19.8 Å². The Bertz CT molecular complexity index is 902. The van der Waals surface area contributed by atoms with E-state index in [0.717, 1.165) is 23.0 Å². The van der Waals surface area contributed by atoms with Gasteiger partial charge in [0.25, 0.3) is 0 Å². The highest BCUT2D eigenvalue weighted by atomic mass is 127.